The fraction of sp³-hybridized carbons (Fsp3) is 0.385. The van der Waals surface area contributed by atoms with E-state index in [-0.39, 0.29) is 5.56 Å². The van der Waals surface area contributed by atoms with Gasteiger partial charge in [-0.25, -0.2) is 0 Å². The highest BCUT2D eigenvalue weighted by atomic mass is 32.1. The molecule has 0 spiro atoms. The van der Waals surface area contributed by atoms with E-state index in [9.17, 15) is 18.3 Å². The number of alkyl halides is 3. The molecule has 1 aromatic heterocycles. The van der Waals surface area contributed by atoms with E-state index in [4.69, 9.17) is 0 Å². The molecule has 0 saturated carbocycles. The molecule has 0 aliphatic rings. The normalized spacial score (nSPS) is 14.8. The van der Waals surface area contributed by atoms with Gasteiger partial charge in [-0.15, -0.1) is 11.3 Å². The molecule has 0 aliphatic carbocycles. The molecule has 1 nitrogen and oxygen atoms in total. The molecule has 0 fully saturated rings. The van der Waals surface area contributed by atoms with Gasteiger partial charge in [0.15, 0.2) is 5.60 Å². The number of hydrogen-bond acceptors (Lipinski definition) is 2. The summed E-state index contributed by atoms with van der Waals surface area (Å²) >= 11 is 1.20. The number of thiophene rings is 1. The highest BCUT2D eigenvalue weighted by molar-refractivity contribution is 7.17. The number of benzene rings is 1. The van der Waals surface area contributed by atoms with E-state index in [0.29, 0.717) is 5.39 Å². The summed E-state index contributed by atoms with van der Waals surface area (Å²) in [6, 6.07) is 6.73. The van der Waals surface area contributed by atoms with Gasteiger partial charge in [-0.05, 0) is 23.8 Å². The predicted octanol–water partition coefficient (Wildman–Crippen LogP) is 4.70. The number of hydrogen-bond donors (Lipinski definition) is 1. The molecule has 1 aromatic carbocycles. The van der Waals surface area contributed by atoms with E-state index in [1.807, 2.05) is 13.8 Å². The first-order valence-corrected chi connectivity index (χ1v) is 6.48. The fourth-order valence-electron chi connectivity index (χ4n) is 1.51. The molecule has 0 aliphatic heterocycles. The van der Waals surface area contributed by atoms with Crippen molar-refractivity contribution in [3.05, 3.63) is 35.2 Å². The summed E-state index contributed by atoms with van der Waals surface area (Å²) in [5.74, 6) is 0. The molecule has 0 bridgehead atoms. The van der Waals surface area contributed by atoms with Crippen LogP contribution >= 0.6 is 11.3 Å². The summed E-state index contributed by atoms with van der Waals surface area (Å²) in [5.41, 5.74) is -2.88. The second kappa shape index (κ2) is 5.28. The Hall–Kier alpha value is -1.07. The Morgan fingerprint density at radius 1 is 1.11 bits per heavy atom. The van der Waals surface area contributed by atoms with Crippen LogP contribution < -0.4 is 0 Å². The maximum absolute atomic E-state index is 12.7. The second-order valence-electron chi connectivity index (χ2n) is 3.72. The van der Waals surface area contributed by atoms with Crippen molar-refractivity contribution in [3.63, 3.8) is 0 Å². The molecule has 18 heavy (non-hydrogen) atoms. The summed E-state index contributed by atoms with van der Waals surface area (Å²) in [6.45, 7) is 4.78. The van der Waals surface area contributed by atoms with Crippen LogP contribution in [0.3, 0.4) is 0 Å². The number of aliphatic hydroxyl groups is 1. The van der Waals surface area contributed by atoms with E-state index in [0.717, 1.165) is 11.6 Å². The van der Waals surface area contributed by atoms with Gasteiger partial charge in [-0.2, -0.15) is 13.2 Å². The zero-order valence-electron chi connectivity index (χ0n) is 10.4. The third-order valence-electron chi connectivity index (χ3n) is 2.56. The monoisotopic (exact) mass is 276 g/mol. The minimum atomic E-state index is -4.67. The largest absolute Gasteiger partial charge is 0.421 e. The first-order valence-electron chi connectivity index (χ1n) is 5.60. The van der Waals surface area contributed by atoms with Crippen molar-refractivity contribution < 1.29 is 18.3 Å². The number of halogens is 3. The minimum Gasteiger partial charge on any atom is -0.376 e. The molecule has 2 aromatic rings. The average Bonchev–Trinajstić information content (AvgIpc) is 2.74. The maximum Gasteiger partial charge on any atom is 0.421 e. The first kappa shape index (κ1) is 15.0. The van der Waals surface area contributed by atoms with Crippen molar-refractivity contribution in [1.29, 1.82) is 0 Å². The lowest BCUT2D eigenvalue weighted by Crippen LogP contribution is -2.38. The lowest BCUT2D eigenvalue weighted by Gasteiger charge is -2.26. The van der Waals surface area contributed by atoms with Crippen molar-refractivity contribution in [2.45, 2.75) is 32.5 Å². The Morgan fingerprint density at radius 3 is 2.22 bits per heavy atom. The van der Waals surface area contributed by atoms with E-state index < -0.39 is 11.8 Å². The molecule has 1 unspecified atom stereocenters. The van der Waals surface area contributed by atoms with Crippen LogP contribution in [-0.4, -0.2) is 11.3 Å². The average molecular weight is 276 g/mol. The number of rotatable bonds is 1. The number of fused-ring (bicyclic) bond motifs is 1. The second-order valence-corrected chi connectivity index (χ2v) is 4.63. The third kappa shape index (κ3) is 2.52. The van der Waals surface area contributed by atoms with Gasteiger partial charge in [0.1, 0.15) is 0 Å². The van der Waals surface area contributed by atoms with Crippen molar-refractivity contribution >= 4 is 21.4 Å². The van der Waals surface area contributed by atoms with Crippen LogP contribution in [0.15, 0.2) is 29.6 Å². The summed E-state index contributed by atoms with van der Waals surface area (Å²) in [6.07, 6.45) is -4.67. The van der Waals surface area contributed by atoms with Crippen molar-refractivity contribution in [2.75, 3.05) is 0 Å². The molecule has 2 rings (SSSR count). The van der Waals surface area contributed by atoms with Crippen molar-refractivity contribution in [3.8, 4) is 0 Å². The quantitative estimate of drug-likeness (QED) is 0.800. The van der Waals surface area contributed by atoms with Crippen LogP contribution in [0.5, 0.6) is 0 Å². The van der Waals surface area contributed by atoms with Crippen LogP contribution in [0.1, 0.15) is 26.3 Å². The van der Waals surface area contributed by atoms with Gasteiger partial charge >= 0.3 is 6.18 Å². The molecule has 1 heterocycles. The van der Waals surface area contributed by atoms with Gasteiger partial charge in [0.25, 0.3) is 0 Å². The zero-order valence-corrected chi connectivity index (χ0v) is 11.2. The Morgan fingerprint density at radius 2 is 1.67 bits per heavy atom. The van der Waals surface area contributed by atoms with Crippen molar-refractivity contribution in [2.24, 2.45) is 0 Å². The van der Waals surface area contributed by atoms with Crippen LogP contribution in [0.2, 0.25) is 0 Å². The third-order valence-corrected chi connectivity index (χ3v) is 3.52. The Labute approximate surface area is 108 Å². The maximum atomic E-state index is 12.7. The standard InChI is InChI=1S/C11H9F3OS.C2H6/c1-10(15,11(12,13)14)8-6-16-9-5-3-2-4-7(8)9;1-2/h2-6,15H,1H3;1-2H3. The van der Waals surface area contributed by atoms with Crippen LogP contribution in [0.4, 0.5) is 13.2 Å². The lowest BCUT2D eigenvalue weighted by atomic mass is 9.95. The van der Waals surface area contributed by atoms with Gasteiger partial charge in [0.05, 0.1) is 0 Å². The van der Waals surface area contributed by atoms with Crippen molar-refractivity contribution in [1.82, 2.24) is 0 Å². The first-order chi connectivity index (χ1) is 8.34. The molecule has 5 heteroatoms. The van der Waals surface area contributed by atoms with Gasteiger partial charge in [-0.1, -0.05) is 32.0 Å². The van der Waals surface area contributed by atoms with E-state index in [2.05, 4.69) is 0 Å². The van der Waals surface area contributed by atoms with Gasteiger partial charge in [-0.3, -0.25) is 0 Å². The summed E-state index contributed by atoms with van der Waals surface area (Å²) in [5, 5.41) is 11.4. The highest BCUT2D eigenvalue weighted by Crippen LogP contribution is 2.43. The molecule has 100 valence electrons. The smallest absolute Gasteiger partial charge is 0.376 e. The minimum absolute atomic E-state index is 0.0828. The van der Waals surface area contributed by atoms with E-state index in [1.165, 1.54) is 16.7 Å². The Balaban J connectivity index is 0.000000771. The fourth-order valence-corrected chi connectivity index (χ4v) is 2.57. The van der Waals surface area contributed by atoms with E-state index >= 15 is 0 Å². The van der Waals surface area contributed by atoms with Gasteiger partial charge < -0.3 is 5.11 Å². The van der Waals surface area contributed by atoms with Crippen LogP contribution in [0, 0.1) is 0 Å². The molecule has 0 radical (unpaired) electrons. The van der Waals surface area contributed by atoms with Gasteiger partial charge in [0, 0.05) is 10.3 Å². The zero-order chi connectivity index (χ0) is 14.0. The Kier molecular flexibility index (Phi) is 4.40. The highest BCUT2D eigenvalue weighted by Gasteiger charge is 2.52. The molecule has 1 atom stereocenters. The lowest BCUT2D eigenvalue weighted by molar-refractivity contribution is -0.258. The Bertz CT molecular complexity index is 514. The van der Waals surface area contributed by atoms with Gasteiger partial charge in [0.2, 0.25) is 0 Å². The summed E-state index contributed by atoms with van der Waals surface area (Å²) in [4.78, 5) is 0. The molecular formula is C13H15F3OS. The predicted molar refractivity (Wildman–Crippen MR) is 68.8 cm³/mol. The SMILES string of the molecule is CC.CC(O)(c1csc2ccccc12)C(F)(F)F. The molecule has 0 amide bonds. The molecule has 1 N–H and O–H groups in total. The summed E-state index contributed by atoms with van der Waals surface area (Å²) < 4.78 is 38.8. The van der Waals surface area contributed by atoms with Crippen LogP contribution in [-0.2, 0) is 5.60 Å². The van der Waals surface area contributed by atoms with Crippen LogP contribution in [0.25, 0.3) is 10.1 Å². The summed E-state index contributed by atoms with van der Waals surface area (Å²) in [7, 11) is 0. The molecule has 0 saturated heterocycles. The van der Waals surface area contributed by atoms with E-state index in [1.54, 1.807) is 24.3 Å². The topological polar surface area (TPSA) is 20.2 Å². The molecular weight excluding hydrogens is 261 g/mol.